The lowest BCUT2D eigenvalue weighted by atomic mass is 10.0. The van der Waals surface area contributed by atoms with Gasteiger partial charge in [-0.3, -0.25) is 4.98 Å². The SMILES string of the molecule is CCCOc1cncc(C(N)c2ccccc2F)c1. The summed E-state index contributed by atoms with van der Waals surface area (Å²) in [7, 11) is 0. The highest BCUT2D eigenvalue weighted by Crippen LogP contribution is 2.24. The number of benzene rings is 1. The van der Waals surface area contributed by atoms with Gasteiger partial charge in [0.2, 0.25) is 0 Å². The predicted molar refractivity (Wildman–Crippen MR) is 72.5 cm³/mol. The lowest BCUT2D eigenvalue weighted by Crippen LogP contribution is -2.14. The molecule has 0 bridgehead atoms. The maximum Gasteiger partial charge on any atom is 0.137 e. The summed E-state index contributed by atoms with van der Waals surface area (Å²) in [4.78, 5) is 4.09. The van der Waals surface area contributed by atoms with E-state index in [2.05, 4.69) is 4.98 Å². The van der Waals surface area contributed by atoms with E-state index in [1.807, 2.05) is 6.92 Å². The Balaban J connectivity index is 2.24. The zero-order valence-corrected chi connectivity index (χ0v) is 10.8. The second-order valence-corrected chi connectivity index (χ2v) is 4.30. The van der Waals surface area contributed by atoms with Crippen LogP contribution in [0.15, 0.2) is 42.7 Å². The van der Waals surface area contributed by atoms with E-state index in [1.54, 1.807) is 36.7 Å². The summed E-state index contributed by atoms with van der Waals surface area (Å²) in [6, 6.07) is 7.76. The van der Waals surface area contributed by atoms with Crippen LogP contribution in [0.4, 0.5) is 4.39 Å². The first-order valence-electron chi connectivity index (χ1n) is 6.30. The monoisotopic (exact) mass is 260 g/mol. The summed E-state index contributed by atoms with van der Waals surface area (Å²) in [5.41, 5.74) is 7.27. The number of hydrogen-bond acceptors (Lipinski definition) is 3. The molecule has 2 aromatic rings. The normalized spacial score (nSPS) is 12.2. The molecule has 0 spiro atoms. The van der Waals surface area contributed by atoms with Crippen LogP contribution in [-0.2, 0) is 0 Å². The fraction of sp³-hybridized carbons (Fsp3) is 0.267. The lowest BCUT2D eigenvalue weighted by Gasteiger charge is -2.14. The van der Waals surface area contributed by atoms with Crippen molar-refractivity contribution in [1.82, 2.24) is 4.98 Å². The summed E-state index contributed by atoms with van der Waals surface area (Å²) in [6.07, 6.45) is 4.19. The van der Waals surface area contributed by atoms with Crippen LogP contribution >= 0.6 is 0 Å². The van der Waals surface area contributed by atoms with Crippen molar-refractivity contribution < 1.29 is 9.13 Å². The first-order chi connectivity index (χ1) is 9.22. The van der Waals surface area contributed by atoms with Gasteiger partial charge in [0.1, 0.15) is 11.6 Å². The lowest BCUT2D eigenvalue weighted by molar-refractivity contribution is 0.315. The van der Waals surface area contributed by atoms with Crippen LogP contribution in [0.2, 0.25) is 0 Å². The van der Waals surface area contributed by atoms with Gasteiger partial charge in [-0.1, -0.05) is 25.1 Å². The molecule has 1 aromatic carbocycles. The molecule has 1 atom stereocenters. The molecule has 0 fully saturated rings. The topological polar surface area (TPSA) is 48.1 Å². The highest BCUT2D eigenvalue weighted by Gasteiger charge is 2.14. The number of hydrogen-bond donors (Lipinski definition) is 1. The smallest absolute Gasteiger partial charge is 0.137 e. The number of pyridine rings is 1. The third kappa shape index (κ3) is 3.29. The van der Waals surface area contributed by atoms with Gasteiger partial charge in [0, 0.05) is 11.8 Å². The van der Waals surface area contributed by atoms with Gasteiger partial charge in [-0.15, -0.1) is 0 Å². The van der Waals surface area contributed by atoms with E-state index >= 15 is 0 Å². The van der Waals surface area contributed by atoms with Crippen molar-refractivity contribution in [3.8, 4) is 5.75 Å². The Labute approximate surface area is 112 Å². The molecule has 1 heterocycles. The van der Waals surface area contributed by atoms with Gasteiger partial charge in [-0.2, -0.15) is 0 Å². The minimum absolute atomic E-state index is 0.310. The maximum atomic E-state index is 13.7. The van der Waals surface area contributed by atoms with Gasteiger partial charge in [0.25, 0.3) is 0 Å². The van der Waals surface area contributed by atoms with Crippen molar-refractivity contribution in [2.24, 2.45) is 5.73 Å². The Morgan fingerprint density at radius 3 is 2.84 bits per heavy atom. The minimum Gasteiger partial charge on any atom is -0.492 e. The third-order valence-electron chi connectivity index (χ3n) is 2.81. The zero-order chi connectivity index (χ0) is 13.7. The molecule has 2 rings (SSSR count). The molecular formula is C15H17FN2O. The van der Waals surface area contributed by atoms with Crippen molar-refractivity contribution >= 4 is 0 Å². The predicted octanol–water partition coefficient (Wildman–Crippen LogP) is 3.06. The van der Waals surface area contributed by atoms with Crippen LogP contribution in [0.5, 0.6) is 5.75 Å². The van der Waals surface area contributed by atoms with Gasteiger partial charge in [0.15, 0.2) is 0 Å². The van der Waals surface area contributed by atoms with Crippen LogP contribution in [0.1, 0.15) is 30.5 Å². The Morgan fingerprint density at radius 1 is 1.32 bits per heavy atom. The molecular weight excluding hydrogens is 243 g/mol. The van der Waals surface area contributed by atoms with E-state index in [9.17, 15) is 4.39 Å². The molecule has 4 heteroatoms. The number of nitrogens with two attached hydrogens (primary N) is 1. The fourth-order valence-electron chi connectivity index (χ4n) is 1.81. The summed E-state index contributed by atoms with van der Waals surface area (Å²) in [5, 5.41) is 0. The van der Waals surface area contributed by atoms with Gasteiger partial charge in [-0.25, -0.2) is 4.39 Å². The molecule has 2 N–H and O–H groups in total. The Morgan fingerprint density at radius 2 is 2.11 bits per heavy atom. The molecule has 0 aliphatic heterocycles. The third-order valence-corrected chi connectivity index (χ3v) is 2.81. The average Bonchev–Trinajstić information content (AvgIpc) is 2.45. The van der Waals surface area contributed by atoms with Gasteiger partial charge in [-0.05, 0) is 24.1 Å². The Bertz CT molecular complexity index is 545. The molecule has 100 valence electrons. The number of ether oxygens (including phenoxy) is 1. The molecule has 3 nitrogen and oxygen atoms in total. The Hall–Kier alpha value is -1.94. The largest absolute Gasteiger partial charge is 0.492 e. The average molecular weight is 260 g/mol. The number of rotatable bonds is 5. The first kappa shape index (κ1) is 13.5. The molecule has 0 radical (unpaired) electrons. The standard InChI is InChI=1S/C15H17FN2O/c1-2-7-19-12-8-11(9-18-10-12)15(17)13-5-3-4-6-14(13)16/h3-6,8-10,15H,2,7,17H2,1H3. The molecule has 0 aliphatic carbocycles. The van der Waals surface area contributed by atoms with Crippen molar-refractivity contribution in [2.75, 3.05) is 6.61 Å². The molecule has 0 saturated heterocycles. The van der Waals surface area contributed by atoms with Crippen LogP contribution in [0.25, 0.3) is 0 Å². The summed E-state index contributed by atoms with van der Waals surface area (Å²) >= 11 is 0. The molecule has 19 heavy (non-hydrogen) atoms. The number of nitrogens with zero attached hydrogens (tertiary/aromatic N) is 1. The quantitative estimate of drug-likeness (QED) is 0.898. The second-order valence-electron chi connectivity index (χ2n) is 4.30. The van der Waals surface area contributed by atoms with Crippen molar-refractivity contribution in [1.29, 1.82) is 0 Å². The molecule has 0 saturated carbocycles. The second kappa shape index (κ2) is 6.29. The van der Waals surface area contributed by atoms with Crippen molar-refractivity contribution in [2.45, 2.75) is 19.4 Å². The summed E-state index contributed by atoms with van der Waals surface area (Å²) in [5.74, 6) is 0.348. The van der Waals surface area contributed by atoms with E-state index in [1.165, 1.54) is 6.07 Å². The van der Waals surface area contributed by atoms with Crippen LogP contribution in [0, 0.1) is 5.82 Å². The number of halogens is 1. The first-order valence-corrected chi connectivity index (χ1v) is 6.30. The zero-order valence-electron chi connectivity index (χ0n) is 10.8. The fourth-order valence-corrected chi connectivity index (χ4v) is 1.81. The molecule has 1 aromatic heterocycles. The van der Waals surface area contributed by atoms with Gasteiger partial charge >= 0.3 is 0 Å². The van der Waals surface area contributed by atoms with E-state index < -0.39 is 6.04 Å². The highest BCUT2D eigenvalue weighted by atomic mass is 19.1. The maximum absolute atomic E-state index is 13.7. The molecule has 0 amide bonds. The van der Waals surface area contributed by atoms with Gasteiger partial charge in [0.05, 0.1) is 18.8 Å². The molecule has 0 aliphatic rings. The summed E-state index contributed by atoms with van der Waals surface area (Å²) < 4.78 is 19.2. The highest BCUT2D eigenvalue weighted by molar-refractivity contribution is 5.34. The number of aromatic nitrogens is 1. The summed E-state index contributed by atoms with van der Waals surface area (Å²) in [6.45, 7) is 2.66. The van der Waals surface area contributed by atoms with E-state index in [-0.39, 0.29) is 5.82 Å². The van der Waals surface area contributed by atoms with E-state index in [0.717, 1.165) is 12.0 Å². The van der Waals surface area contributed by atoms with Gasteiger partial charge < -0.3 is 10.5 Å². The molecule has 1 unspecified atom stereocenters. The van der Waals surface area contributed by atoms with Crippen LogP contribution in [0.3, 0.4) is 0 Å². The Kier molecular flexibility index (Phi) is 4.47. The minimum atomic E-state index is -0.543. The van der Waals surface area contributed by atoms with Crippen molar-refractivity contribution in [3.63, 3.8) is 0 Å². The van der Waals surface area contributed by atoms with E-state index in [0.29, 0.717) is 17.9 Å². The van der Waals surface area contributed by atoms with E-state index in [4.69, 9.17) is 10.5 Å². The van der Waals surface area contributed by atoms with Crippen molar-refractivity contribution in [3.05, 3.63) is 59.7 Å². The van der Waals surface area contributed by atoms with Crippen LogP contribution in [-0.4, -0.2) is 11.6 Å². The van der Waals surface area contributed by atoms with Crippen LogP contribution < -0.4 is 10.5 Å².